The van der Waals surface area contributed by atoms with E-state index in [1.807, 2.05) is 12.1 Å². The van der Waals surface area contributed by atoms with Gasteiger partial charge in [0.15, 0.2) is 9.84 Å². The molecular formula is C14H21ClN2O3S. The average Bonchev–Trinajstić information content (AvgIpc) is 2.78. The molecular weight excluding hydrogens is 312 g/mol. The normalized spacial score (nSPS) is 21.0. The summed E-state index contributed by atoms with van der Waals surface area (Å²) in [7, 11) is -1.21. The molecule has 0 amide bonds. The van der Waals surface area contributed by atoms with Gasteiger partial charge in [-0.3, -0.25) is 4.90 Å². The number of nitrogens with zero attached hydrogens (tertiary/aromatic N) is 2. The zero-order valence-corrected chi connectivity index (χ0v) is 13.7. The molecule has 1 fully saturated rings. The fourth-order valence-corrected chi connectivity index (χ4v) is 4.60. The van der Waals surface area contributed by atoms with Gasteiger partial charge in [-0.2, -0.15) is 0 Å². The van der Waals surface area contributed by atoms with E-state index < -0.39 is 9.84 Å². The van der Waals surface area contributed by atoms with E-state index in [1.165, 1.54) is 0 Å². The zero-order chi connectivity index (χ0) is 15.3. The molecule has 0 bridgehead atoms. The first kappa shape index (κ1) is 16.7. The Kier molecular flexibility index (Phi) is 5.98. The van der Waals surface area contributed by atoms with Crippen LogP contribution in [0.15, 0.2) is 18.3 Å². The molecule has 0 aromatic carbocycles. The number of methoxy groups -OCH3 is 1. The number of hydrogen-bond acceptors (Lipinski definition) is 5. The second-order valence-electron chi connectivity index (χ2n) is 5.36. The van der Waals surface area contributed by atoms with Crippen molar-refractivity contribution in [3.63, 3.8) is 0 Å². The Bertz CT molecular complexity index is 565. The van der Waals surface area contributed by atoms with Crippen molar-refractivity contribution in [2.75, 3.05) is 31.8 Å². The lowest BCUT2D eigenvalue weighted by molar-refractivity contribution is 0.150. The number of ether oxygens (including phenoxy) is 1. The summed E-state index contributed by atoms with van der Waals surface area (Å²) in [6, 6.07) is 3.83. The minimum Gasteiger partial charge on any atom is -0.385 e. The monoisotopic (exact) mass is 332 g/mol. The molecule has 0 unspecified atom stereocenters. The van der Waals surface area contributed by atoms with Crippen molar-refractivity contribution in [3.05, 3.63) is 29.0 Å². The summed E-state index contributed by atoms with van der Waals surface area (Å²) in [4.78, 5) is 6.19. The van der Waals surface area contributed by atoms with Gasteiger partial charge in [0, 0.05) is 39.0 Å². The number of sulfone groups is 1. The molecule has 1 saturated heterocycles. The second kappa shape index (κ2) is 7.54. The predicted molar refractivity (Wildman–Crippen MR) is 83.2 cm³/mol. The number of rotatable bonds is 7. The van der Waals surface area contributed by atoms with Crippen LogP contribution >= 0.6 is 11.6 Å². The van der Waals surface area contributed by atoms with Crippen LogP contribution in [0.2, 0.25) is 5.15 Å². The van der Waals surface area contributed by atoms with E-state index in [-0.39, 0.29) is 17.5 Å². The fraction of sp³-hybridized carbons (Fsp3) is 0.643. The van der Waals surface area contributed by atoms with Crippen LogP contribution in [0.4, 0.5) is 0 Å². The summed E-state index contributed by atoms with van der Waals surface area (Å²) in [5.41, 5.74) is 1.05. The highest BCUT2D eigenvalue weighted by Gasteiger charge is 2.32. The Hall–Kier alpha value is -0.690. The highest BCUT2D eigenvalue weighted by atomic mass is 35.5. The van der Waals surface area contributed by atoms with Crippen molar-refractivity contribution >= 4 is 21.4 Å². The molecule has 1 aromatic heterocycles. The van der Waals surface area contributed by atoms with Gasteiger partial charge in [0.05, 0.1) is 11.5 Å². The van der Waals surface area contributed by atoms with Crippen LogP contribution in [-0.2, 0) is 21.1 Å². The van der Waals surface area contributed by atoms with Crippen LogP contribution in [0.1, 0.15) is 18.4 Å². The molecule has 1 aliphatic rings. The first-order valence-corrected chi connectivity index (χ1v) is 9.24. The van der Waals surface area contributed by atoms with Crippen LogP contribution in [0.3, 0.4) is 0 Å². The van der Waals surface area contributed by atoms with E-state index in [4.69, 9.17) is 16.3 Å². The maximum absolute atomic E-state index is 11.7. The number of aromatic nitrogens is 1. The van der Waals surface area contributed by atoms with Crippen molar-refractivity contribution in [1.82, 2.24) is 9.88 Å². The van der Waals surface area contributed by atoms with Gasteiger partial charge in [-0.05, 0) is 30.5 Å². The van der Waals surface area contributed by atoms with Gasteiger partial charge in [0.2, 0.25) is 0 Å². The summed E-state index contributed by atoms with van der Waals surface area (Å²) >= 11 is 5.91. The topological polar surface area (TPSA) is 59.5 Å². The van der Waals surface area contributed by atoms with Crippen molar-refractivity contribution in [1.29, 1.82) is 0 Å². The van der Waals surface area contributed by atoms with Crippen molar-refractivity contribution in [2.45, 2.75) is 25.4 Å². The third-order valence-corrected chi connectivity index (χ3v) is 5.65. The van der Waals surface area contributed by atoms with Gasteiger partial charge in [-0.25, -0.2) is 13.4 Å². The fourth-order valence-electron chi connectivity index (χ4n) is 2.64. The molecule has 0 N–H and O–H groups in total. The van der Waals surface area contributed by atoms with Crippen LogP contribution in [-0.4, -0.2) is 56.1 Å². The standard InChI is InChI=1S/C14H21ClN2O3S/c1-20-7-2-6-17(13-4-8-21(18,19)11-13)10-12-3-5-16-14(15)9-12/h3,5,9,13H,2,4,6-8,10-11H2,1H3/t13-/m1/s1. The van der Waals surface area contributed by atoms with Gasteiger partial charge >= 0.3 is 0 Å². The molecule has 0 radical (unpaired) electrons. The largest absolute Gasteiger partial charge is 0.385 e. The Morgan fingerprint density at radius 3 is 2.95 bits per heavy atom. The van der Waals surface area contributed by atoms with E-state index in [2.05, 4.69) is 9.88 Å². The maximum Gasteiger partial charge on any atom is 0.151 e. The predicted octanol–water partition coefficient (Wildman–Crippen LogP) is 1.76. The summed E-state index contributed by atoms with van der Waals surface area (Å²) in [6.07, 6.45) is 3.26. The van der Waals surface area contributed by atoms with E-state index in [0.29, 0.717) is 24.7 Å². The van der Waals surface area contributed by atoms with E-state index in [1.54, 1.807) is 13.3 Å². The maximum atomic E-state index is 11.7. The zero-order valence-electron chi connectivity index (χ0n) is 12.2. The second-order valence-corrected chi connectivity index (χ2v) is 7.98. The van der Waals surface area contributed by atoms with Gasteiger partial charge in [0.1, 0.15) is 5.15 Å². The Morgan fingerprint density at radius 2 is 2.33 bits per heavy atom. The first-order chi connectivity index (χ1) is 10.00. The lowest BCUT2D eigenvalue weighted by Gasteiger charge is -2.28. The average molecular weight is 333 g/mol. The molecule has 0 saturated carbocycles. The van der Waals surface area contributed by atoms with Crippen LogP contribution < -0.4 is 0 Å². The van der Waals surface area contributed by atoms with Gasteiger partial charge in [-0.15, -0.1) is 0 Å². The molecule has 118 valence electrons. The van der Waals surface area contributed by atoms with Crippen LogP contribution in [0.5, 0.6) is 0 Å². The van der Waals surface area contributed by atoms with Crippen LogP contribution in [0.25, 0.3) is 0 Å². The molecule has 0 aliphatic carbocycles. The summed E-state index contributed by atoms with van der Waals surface area (Å²) in [5, 5.41) is 0.461. The number of hydrogen-bond donors (Lipinski definition) is 0. The molecule has 2 heterocycles. The third kappa shape index (κ3) is 5.21. The Labute approximate surface area is 131 Å². The quantitative estimate of drug-likeness (QED) is 0.562. The summed E-state index contributed by atoms with van der Waals surface area (Å²) in [5.74, 6) is 0.536. The molecule has 2 rings (SSSR count). The van der Waals surface area contributed by atoms with Crippen molar-refractivity contribution in [3.8, 4) is 0 Å². The van der Waals surface area contributed by atoms with Gasteiger partial charge in [-0.1, -0.05) is 11.6 Å². The molecule has 1 aromatic rings. The Morgan fingerprint density at radius 1 is 1.52 bits per heavy atom. The highest BCUT2D eigenvalue weighted by Crippen LogP contribution is 2.21. The molecule has 7 heteroatoms. The van der Waals surface area contributed by atoms with Gasteiger partial charge < -0.3 is 4.74 Å². The smallest absolute Gasteiger partial charge is 0.151 e. The summed E-state index contributed by atoms with van der Waals surface area (Å²) in [6.45, 7) is 2.17. The van der Waals surface area contributed by atoms with E-state index in [9.17, 15) is 8.42 Å². The SMILES string of the molecule is COCCCN(Cc1ccnc(Cl)c1)[C@@H]1CCS(=O)(=O)C1. The number of pyridine rings is 1. The van der Waals surface area contributed by atoms with E-state index in [0.717, 1.165) is 18.5 Å². The Balaban J connectivity index is 2.05. The minimum atomic E-state index is -2.88. The number of halogens is 1. The molecule has 1 atom stereocenters. The minimum absolute atomic E-state index is 0.0822. The first-order valence-electron chi connectivity index (χ1n) is 7.04. The lowest BCUT2D eigenvalue weighted by atomic mass is 10.1. The molecule has 0 spiro atoms. The highest BCUT2D eigenvalue weighted by molar-refractivity contribution is 7.91. The molecule has 1 aliphatic heterocycles. The molecule has 5 nitrogen and oxygen atoms in total. The van der Waals surface area contributed by atoms with Crippen molar-refractivity contribution < 1.29 is 13.2 Å². The van der Waals surface area contributed by atoms with Crippen LogP contribution in [0, 0.1) is 0 Å². The van der Waals surface area contributed by atoms with Crippen molar-refractivity contribution in [2.24, 2.45) is 0 Å². The van der Waals surface area contributed by atoms with E-state index >= 15 is 0 Å². The lowest BCUT2D eigenvalue weighted by Crippen LogP contribution is -2.36. The summed E-state index contributed by atoms with van der Waals surface area (Å²) < 4.78 is 28.5. The third-order valence-electron chi connectivity index (χ3n) is 3.70. The molecule has 21 heavy (non-hydrogen) atoms. The van der Waals surface area contributed by atoms with Gasteiger partial charge in [0.25, 0.3) is 0 Å².